The lowest BCUT2D eigenvalue weighted by Gasteiger charge is -2.33. The predicted octanol–water partition coefficient (Wildman–Crippen LogP) is 5.76. The number of aromatic nitrogens is 1. The van der Waals surface area contributed by atoms with Crippen molar-refractivity contribution < 1.29 is 24.1 Å². The highest BCUT2D eigenvalue weighted by atomic mass is 32.1. The molecule has 0 spiro atoms. The van der Waals surface area contributed by atoms with Crippen LogP contribution < -0.4 is 4.74 Å². The first-order chi connectivity index (χ1) is 17.0. The van der Waals surface area contributed by atoms with Crippen LogP contribution in [0.25, 0.3) is 0 Å². The number of ether oxygens (including phenoxy) is 3. The van der Waals surface area contributed by atoms with Crippen LogP contribution in [0.4, 0.5) is 0 Å². The molecule has 188 valence electrons. The largest absolute Gasteiger partial charge is 0.493 e. The second kappa shape index (κ2) is 9.49. The Hall–Kier alpha value is -1.96. The van der Waals surface area contributed by atoms with Gasteiger partial charge in [0.15, 0.2) is 5.69 Å². The predicted molar refractivity (Wildman–Crippen MR) is 133 cm³/mol. The van der Waals surface area contributed by atoms with E-state index in [1.54, 1.807) is 5.38 Å². The van der Waals surface area contributed by atoms with Crippen LogP contribution in [0.5, 0.6) is 5.75 Å². The van der Waals surface area contributed by atoms with E-state index in [1.807, 2.05) is 13.8 Å². The third-order valence-corrected chi connectivity index (χ3v) is 8.92. The standard InChI is InChI=1S/C28H35NO5S/c1-15(2)33-28(31)23-14-35-27(29-23)25-10-9-20-22(24(30)12-26(20)34-25)13-32-18-7-8-19(16-3-4-16)21(11-18)17-5-6-17/h7-8,11,14-17,20,22,24-26,30H,3-6,9-10,12-13H2,1-2H3/t20-,22-,24+,25-,26+/m1/s1. The van der Waals surface area contributed by atoms with E-state index < -0.39 is 6.10 Å². The third kappa shape index (κ3) is 5.00. The SMILES string of the molecule is CC(C)OC(=O)c1csc([C@H]2CC[C@@H]3[C@@H](COc4ccc(C5CC5)c(C5CC5)c4)[C@@H](O)C[C@@H]3O2)n1. The van der Waals surface area contributed by atoms with Crippen molar-refractivity contribution in [2.24, 2.45) is 11.8 Å². The molecule has 0 amide bonds. The van der Waals surface area contributed by atoms with Crippen LogP contribution in [-0.2, 0) is 9.47 Å². The highest BCUT2D eigenvalue weighted by Crippen LogP contribution is 2.50. The van der Waals surface area contributed by atoms with E-state index in [-0.39, 0.29) is 36.1 Å². The van der Waals surface area contributed by atoms with Crippen LogP contribution in [0.15, 0.2) is 23.6 Å². The average molecular weight is 498 g/mol. The molecule has 2 heterocycles. The Morgan fingerprint density at radius 1 is 1.14 bits per heavy atom. The van der Waals surface area contributed by atoms with Gasteiger partial charge in [0, 0.05) is 17.7 Å². The number of carbonyl (C=O) groups is 1. The molecule has 5 atom stereocenters. The van der Waals surface area contributed by atoms with Crippen molar-refractivity contribution in [2.45, 2.75) is 95.0 Å². The highest BCUT2D eigenvalue weighted by Gasteiger charge is 2.47. The van der Waals surface area contributed by atoms with Gasteiger partial charge in [0.2, 0.25) is 0 Å². The topological polar surface area (TPSA) is 77.9 Å². The van der Waals surface area contributed by atoms with E-state index in [2.05, 4.69) is 23.2 Å². The van der Waals surface area contributed by atoms with E-state index in [4.69, 9.17) is 14.2 Å². The first-order valence-corrected chi connectivity index (χ1v) is 14.1. The quantitative estimate of drug-likeness (QED) is 0.467. The average Bonchev–Trinajstić information content (AvgIpc) is 3.76. The molecule has 6 rings (SSSR count). The molecule has 0 radical (unpaired) electrons. The van der Waals surface area contributed by atoms with E-state index in [0.717, 1.165) is 35.4 Å². The van der Waals surface area contributed by atoms with Gasteiger partial charge in [-0.05, 0) is 93.4 Å². The van der Waals surface area contributed by atoms with Gasteiger partial charge < -0.3 is 19.3 Å². The lowest BCUT2D eigenvalue weighted by atomic mass is 9.87. The first kappa shape index (κ1) is 23.4. The number of aliphatic hydroxyl groups excluding tert-OH is 1. The van der Waals surface area contributed by atoms with Gasteiger partial charge in [-0.15, -0.1) is 11.3 Å². The molecular formula is C28H35NO5S. The summed E-state index contributed by atoms with van der Waals surface area (Å²) < 4.78 is 18.0. The van der Waals surface area contributed by atoms with Gasteiger partial charge in [0.25, 0.3) is 0 Å². The zero-order chi connectivity index (χ0) is 24.1. The normalized spacial score (nSPS) is 30.3. The number of hydrogen-bond acceptors (Lipinski definition) is 7. The van der Waals surface area contributed by atoms with Gasteiger partial charge in [-0.3, -0.25) is 0 Å². The number of thiazole rings is 1. The van der Waals surface area contributed by atoms with Crippen molar-refractivity contribution in [2.75, 3.05) is 6.61 Å². The smallest absolute Gasteiger partial charge is 0.358 e. The Morgan fingerprint density at radius 3 is 2.66 bits per heavy atom. The van der Waals surface area contributed by atoms with Gasteiger partial charge in [0.05, 0.1) is 24.9 Å². The molecule has 4 fully saturated rings. The molecule has 1 aromatic heterocycles. The minimum atomic E-state index is -0.426. The molecule has 6 nitrogen and oxygen atoms in total. The molecule has 3 saturated carbocycles. The van der Waals surface area contributed by atoms with Crippen LogP contribution in [-0.4, -0.2) is 41.0 Å². The zero-order valence-electron chi connectivity index (χ0n) is 20.5. The monoisotopic (exact) mass is 497 g/mol. The number of fused-ring (bicyclic) bond motifs is 1. The number of carbonyl (C=O) groups excluding carboxylic acids is 1. The summed E-state index contributed by atoms with van der Waals surface area (Å²) in [5.41, 5.74) is 3.38. The summed E-state index contributed by atoms with van der Waals surface area (Å²) in [6, 6.07) is 6.67. The summed E-state index contributed by atoms with van der Waals surface area (Å²) in [5, 5.41) is 13.4. The lowest BCUT2D eigenvalue weighted by molar-refractivity contribution is -0.0812. The molecule has 3 aliphatic carbocycles. The van der Waals surface area contributed by atoms with Crippen molar-refractivity contribution in [3.05, 3.63) is 45.4 Å². The maximum absolute atomic E-state index is 12.2. The van der Waals surface area contributed by atoms with E-state index >= 15 is 0 Å². The van der Waals surface area contributed by atoms with Gasteiger partial charge in [-0.2, -0.15) is 0 Å². The van der Waals surface area contributed by atoms with Crippen LogP contribution in [0, 0.1) is 11.8 Å². The second-order valence-corrected chi connectivity index (χ2v) is 11.9. The summed E-state index contributed by atoms with van der Waals surface area (Å²) in [6.45, 7) is 4.18. The van der Waals surface area contributed by atoms with Crippen LogP contribution in [0.3, 0.4) is 0 Å². The molecular weight excluding hydrogens is 462 g/mol. The van der Waals surface area contributed by atoms with Crippen molar-refractivity contribution in [1.82, 2.24) is 4.98 Å². The Bertz CT molecular complexity index is 1080. The van der Waals surface area contributed by atoms with E-state index in [0.29, 0.717) is 18.7 Å². The fraction of sp³-hybridized carbons (Fsp3) is 0.643. The minimum absolute atomic E-state index is 0.00779. The van der Waals surface area contributed by atoms with E-state index in [9.17, 15) is 9.90 Å². The maximum atomic E-state index is 12.2. The van der Waals surface area contributed by atoms with Crippen molar-refractivity contribution in [3.8, 4) is 5.75 Å². The van der Waals surface area contributed by atoms with Gasteiger partial charge in [-0.1, -0.05) is 6.07 Å². The number of hydrogen-bond donors (Lipinski definition) is 1. The summed E-state index contributed by atoms with van der Waals surface area (Å²) >= 11 is 1.45. The number of nitrogens with zero attached hydrogens (tertiary/aromatic N) is 1. The Balaban J connectivity index is 1.07. The number of esters is 1. The molecule has 35 heavy (non-hydrogen) atoms. The van der Waals surface area contributed by atoms with Crippen LogP contribution in [0.2, 0.25) is 0 Å². The van der Waals surface area contributed by atoms with Gasteiger partial charge in [0.1, 0.15) is 16.9 Å². The summed E-state index contributed by atoms with van der Waals surface area (Å²) in [4.78, 5) is 16.7. The van der Waals surface area contributed by atoms with Crippen molar-refractivity contribution in [3.63, 3.8) is 0 Å². The molecule has 0 bridgehead atoms. The number of benzene rings is 1. The highest BCUT2D eigenvalue weighted by molar-refractivity contribution is 7.09. The molecule has 1 aromatic carbocycles. The molecule has 7 heteroatoms. The molecule has 2 aromatic rings. The summed E-state index contributed by atoms with van der Waals surface area (Å²) in [5.74, 6) is 2.38. The Kier molecular flexibility index (Phi) is 6.35. The molecule has 4 aliphatic rings. The van der Waals surface area contributed by atoms with Crippen molar-refractivity contribution >= 4 is 17.3 Å². The van der Waals surface area contributed by atoms with E-state index in [1.165, 1.54) is 48.1 Å². The number of rotatable bonds is 8. The molecule has 1 N–H and O–H groups in total. The Morgan fingerprint density at radius 2 is 1.91 bits per heavy atom. The van der Waals surface area contributed by atoms with Crippen LogP contribution >= 0.6 is 11.3 Å². The summed E-state index contributed by atoms with van der Waals surface area (Å²) in [6.07, 6.45) is 6.91. The Labute approximate surface area is 211 Å². The zero-order valence-corrected chi connectivity index (χ0v) is 21.3. The minimum Gasteiger partial charge on any atom is -0.493 e. The first-order valence-electron chi connectivity index (χ1n) is 13.2. The van der Waals surface area contributed by atoms with Gasteiger partial charge in [-0.25, -0.2) is 9.78 Å². The fourth-order valence-electron chi connectivity index (χ4n) is 5.90. The van der Waals surface area contributed by atoms with Crippen molar-refractivity contribution in [1.29, 1.82) is 0 Å². The van der Waals surface area contributed by atoms with Gasteiger partial charge >= 0.3 is 5.97 Å². The van der Waals surface area contributed by atoms with Crippen LogP contribution in [0.1, 0.15) is 103 Å². The second-order valence-electron chi connectivity index (χ2n) is 11.0. The third-order valence-electron chi connectivity index (χ3n) is 7.98. The molecule has 0 unspecified atom stereocenters. The molecule has 1 aliphatic heterocycles. The number of aliphatic hydroxyl groups is 1. The summed E-state index contributed by atoms with van der Waals surface area (Å²) in [7, 11) is 0. The lowest BCUT2D eigenvalue weighted by Crippen LogP contribution is -2.33. The molecule has 1 saturated heterocycles. The maximum Gasteiger partial charge on any atom is 0.358 e. The fourth-order valence-corrected chi connectivity index (χ4v) is 6.75.